The molecule has 0 fully saturated rings. The number of hydrogen-bond donors (Lipinski definition) is 1. The molecule has 0 bridgehead atoms. The molecule has 0 unspecified atom stereocenters. The SMILES string of the molecule is O=c1cc2c(nn1CCNS(=O)(=O)c1ccccc1OC(F)(F)F)CCCC2. The highest BCUT2D eigenvalue weighted by molar-refractivity contribution is 7.89. The van der Waals surface area contributed by atoms with Crippen LogP contribution in [0.15, 0.2) is 40.0 Å². The first-order chi connectivity index (χ1) is 13.2. The number of halogens is 3. The summed E-state index contributed by atoms with van der Waals surface area (Å²) >= 11 is 0. The van der Waals surface area contributed by atoms with Crippen molar-refractivity contribution in [1.29, 1.82) is 0 Å². The molecule has 1 aliphatic rings. The van der Waals surface area contributed by atoms with E-state index < -0.39 is 27.0 Å². The average Bonchev–Trinajstić information content (AvgIpc) is 2.61. The number of nitrogens with one attached hydrogen (secondary N) is 1. The largest absolute Gasteiger partial charge is 0.573 e. The van der Waals surface area contributed by atoms with Gasteiger partial charge < -0.3 is 4.74 Å². The van der Waals surface area contributed by atoms with Gasteiger partial charge in [0.2, 0.25) is 10.0 Å². The van der Waals surface area contributed by atoms with Crippen LogP contribution in [0.25, 0.3) is 0 Å². The Balaban J connectivity index is 1.72. The first kappa shape index (κ1) is 20.3. The number of nitrogens with zero attached hydrogens (tertiary/aromatic N) is 2. The monoisotopic (exact) mass is 417 g/mol. The van der Waals surface area contributed by atoms with Gasteiger partial charge in [-0.05, 0) is 43.4 Å². The summed E-state index contributed by atoms with van der Waals surface area (Å²) in [7, 11) is -4.28. The van der Waals surface area contributed by atoms with Crippen molar-refractivity contribution in [2.24, 2.45) is 0 Å². The zero-order valence-corrected chi connectivity index (χ0v) is 15.5. The third kappa shape index (κ3) is 4.90. The van der Waals surface area contributed by atoms with Crippen LogP contribution < -0.4 is 15.0 Å². The lowest BCUT2D eigenvalue weighted by Gasteiger charge is -2.16. The molecule has 0 radical (unpaired) electrons. The number of para-hydroxylation sites is 1. The third-order valence-electron chi connectivity index (χ3n) is 4.25. The predicted molar refractivity (Wildman–Crippen MR) is 93.5 cm³/mol. The Morgan fingerprint density at radius 1 is 1.18 bits per heavy atom. The quantitative estimate of drug-likeness (QED) is 0.777. The molecular formula is C17H18F3N3O4S. The van der Waals surface area contributed by atoms with Crippen molar-refractivity contribution in [3.05, 3.63) is 51.9 Å². The van der Waals surface area contributed by atoms with Gasteiger partial charge in [0.1, 0.15) is 10.6 Å². The fourth-order valence-electron chi connectivity index (χ4n) is 3.01. The Morgan fingerprint density at radius 3 is 2.64 bits per heavy atom. The van der Waals surface area contributed by atoms with E-state index >= 15 is 0 Å². The van der Waals surface area contributed by atoms with Crippen LogP contribution >= 0.6 is 0 Å². The molecule has 11 heteroatoms. The molecule has 0 saturated carbocycles. The van der Waals surface area contributed by atoms with Crippen LogP contribution in [0.4, 0.5) is 13.2 Å². The molecule has 7 nitrogen and oxygen atoms in total. The van der Waals surface area contributed by atoms with E-state index in [2.05, 4.69) is 14.6 Å². The van der Waals surface area contributed by atoms with Crippen molar-refractivity contribution in [2.75, 3.05) is 6.54 Å². The van der Waals surface area contributed by atoms with Crippen molar-refractivity contribution < 1.29 is 26.3 Å². The number of alkyl halides is 3. The summed E-state index contributed by atoms with van der Waals surface area (Å²) in [6, 6.07) is 5.94. The maximum absolute atomic E-state index is 12.5. The fourth-order valence-corrected chi connectivity index (χ4v) is 4.15. The van der Waals surface area contributed by atoms with Gasteiger partial charge in [-0.3, -0.25) is 4.79 Å². The smallest absolute Gasteiger partial charge is 0.404 e. The Bertz CT molecular complexity index is 1020. The summed E-state index contributed by atoms with van der Waals surface area (Å²) in [4.78, 5) is 11.5. The summed E-state index contributed by atoms with van der Waals surface area (Å²) < 4.78 is 69.3. The van der Waals surface area contributed by atoms with Crippen LogP contribution in [0.1, 0.15) is 24.1 Å². The van der Waals surface area contributed by atoms with Crippen molar-refractivity contribution >= 4 is 10.0 Å². The highest BCUT2D eigenvalue weighted by Gasteiger charge is 2.33. The molecule has 2 aromatic rings. The van der Waals surface area contributed by atoms with Gasteiger partial charge >= 0.3 is 6.36 Å². The number of ether oxygens (including phenoxy) is 1. The molecule has 1 aromatic carbocycles. The first-order valence-electron chi connectivity index (χ1n) is 8.60. The van der Waals surface area contributed by atoms with Crippen LogP contribution in [-0.4, -0.2) is 31.1 Å². The maximum atomic E-state index is 12.5. The predicted octanol–water partition coefficient (Wildman–Crippen LogP) is 2.00. The minimum absolute atomic E-state index is 0.0480. The van der Waals surface area contributed by atoms with Crippen LogP contribution in [0.2, 0.25) is 0 Å². The second kappa shape index (κ2) is 7.92. The van der Waals surface area contributed by atoms with E-state index in [0.717, 1.165) is 53.8 Å². The molecule has 152 valence electrons. The summed E-state index contributed by atoms with van der Waals surface area (Å²) in [6.07, 6.45) is -1.51. The highest BCUT2D eigenvalue weighted by atomic mass is 32.2. The van der Waals surface area contributed by atoms with Gasteiger partial charge in [-0.15, -0.1) is 13.2 Å². The second-order valence-corrected chi connectivity index (χ2v) is 8.01. The molecule has 1 heterocycles. The van der Waals surface area contributed by atoms with Crippen LogP contribution in [0.5, 0.6) is 5.75 Å². The molecule has 0 atom stereocenters. The maximum Gasteiger partial charge on any atom is 0.573 e. The topological polar surface area (TPSA) is 90.3 Å². The van der Waals surface area contributed by atoms with Gasteiger partial charge in [-0.25, -0.2) is 17.8 Å². The summed E-state index contributed by atoms with van der Waals surface area (Å²) in [5.41, 5.74) is 1.38. The Kier molecular flexibility index (Phi) is 5.75. The van der Waals surface area contributed by atoms with Crippen LogP contribution in [0, 0.1) is 0 Å². The molecule has 3 rings (SSSR count). The molecule has 28 heavy (non-hydrogen) atoms. The number of aryl methyl sites for hydroxylation is 2. The number of aromatic nitrogens is 2. The Morgan fingerprint density at radius 2 is 1.89 bits per heavy atom. The van der Waals surface area contributed by atoms with Gasteiger partial charge in [0.05, 0.1) is 12.2 Å². The molecule has 1 aromatic heterocycles. The minimum atomic E-state index is -5.02. The van der Waals surface area contributed by atoms with Crippen LogP contribution in [0.3, 0.4) is 0 Å². The van der Waals surface area contributed by atoms with E-state index in [-0.39, 0.29) is 18.6 Å². The van der Waals surface area contributed by atoms with Gasteiger partial charge in [0.15, 0.2) is 0 Å². The number of hydrogen-bond acceptors (Lipinski definition) is 5. The van der Waals surface area contributed by atoms with E-state index in [9.17, 15) is 26.4 Å². The van der Waals surface area contributed by atoms with E-state index in [4.69, 9.17) is 0 Å². The molecule has 0 saturated heterocycles. The third-order valence-corrected chi connectivity index (χ3v) is 5.75. The van der Waals surface area contributed by atoms with E-state index in [0.29, 0.717) is 0 Å². The number of fused-ring (bicyclic) bond motifs is 1. The van der Waals surface area contributed by atoms with E-state index in [1.54, 1.807) is 0 Å². The number of benzene rings is 1. The van der Waals surface area contributed by atoms with Crippen molar-refractivity contribution in [3.8, 4) is 5.75 Å². The minimum Gasteiger partial charge on any atom is -0.404 e. The summed E-state index contributed by atoms with van der Waals surface area (Å²) in [6.45, 7) is -0.262. The van der Waals surface area contributed by atoms with Gasteiger partial charge in [0, 0.05) is 12.6 Å². The van der Waals surface area contributed by atoms with Gasteiger partial charge in [-0.1, -0.05) is 12.1 Å². The second-order valence-electron chi connectivity index (χ2n) is 6.28. The van der Waals surface area contributed by atoms with E-state index in [1.165, 1.54) is 18.2 Å². The average molecular weight is 417 g/mol. The van der Waals surface area contributed by atoms with Gasteiger partial charge in [-0.2, -0.15) is 5.10 Å². The van der Waals surface area contributed by atoms with E-state index in [1.807, 2.05) is 0 Å². The van der Waals surface area contributed by atoms with Crippen molar-refractivity contribution in [2.45, 2.75) is 43.5 Å². The molecule has 1 aliphatic carbocycles. The normalized spacial score (nSPS) is 14.5. The zero-order chi connectivity index (χ0) is 20.4. The first-order valence-corrected chi connectivity index (χ1v) is 10.1. The molecular weight excluding hydrogens is 399 g/mol. The number of rotatable bonds is 6. The van der Waals surface area contributed by atoms with Crippen molar-refractivity contribution in [1.82, 2.24) is 14.5 Å². The lowest BCUT2D eigenvalue weighted by Crippen LogP contribution is -2.33. The lowest BCUT2D eigenvalue weighted by molar-refractivity contribution is -0.275. The molecule has 0 amide bonds. The summed E-state index contributed by atoms with van der Waals surface area (Å²) in [5.74, 6) is -0.827. The van der Waals surface area contributed by atoms with Crippen molar-refractivity contribution in [3.63, 3.8) is 0 Å². The Labute approximate surface area is 159 Å². The van der Waals surface area contributed by atoms with Crippen LogP contribution in [-0.2, 0) is 29.4 Å². The molecule has 0 aliphatic heterocycles. The fraction of sp³-hybridized carbons (Fsp3) is 0.412. The lowest BCUT2D eigenvalue weighted by atomic mass is 9.97. The standard InChI is InChI=1S/C17H18F3N3O4S/c18-17(19,20)27-14-7-3-4-8-15(14)28(25,26)21-9-10-23-16(24)11-12-5-1-2-6-13(12)22-23/h3-4,7-8,11,21H,1-2,5-6,9-10H2. The van der Waals surface area contributed by atoms with Gasteiger partial charge in [0.25, 0.3) is 5.56 Å². The highest BCUT2D eigenvalue weighted by Crippen LogP contribution is 2.29. The molecule has 0 spiro atoms. The number of sulfonamides is 1. The zero-order valence-electron chi connectivity index (χ0n) is 14.7. The molecule has 1 N–H and O–H groups in total. The Hall–Kier alpha value is -2.40. The summed E-state index contributed by atoms with van der Waals surface area (Å²) in [5, 5.41) is 4.27.